The molecular formula is C15H14N2O3. The summed E-state index contributed by atoms with van der Waals surface area (Å²) < 4.78 is 10.2. The van der Waals surface area contributed by atoms with Crippen molar-refractivity contribution in [3.8, 4) is 17.2 Å². The zero-order valence-electron chi connectivity index (χ0n) is 11.0. The third kappa shape index (κ3) is 2.23. The number of ether oxygens (including phenoxy) is 1. The molecule has 0 radical (unpaired) electrons. The van der Waals surface area contributed by atoms with Gasteiger partial charge in [-0.1, -0.05) is 35.5 Å². The molecule has 0 aliphatic heterocycles. The number of fused-ring (bicyclic) bond motifs is 1. The first kappa shape index (κ1) is 12.6. The largest absolute Gasteiger partial charge is 0.506 e. The zero-order chi connectivity index (χ0) is 13.9. The fraction of sp³-hybridized carbons (Fsp3) is 0.200. The Bertz CT molecular complexity index is 737. The van der Waals surface area contributed by atoms with Gasteiger partial charge in [0.1, 0.15) is 5.75 Å². The maximum atomic E-state index is 10.3. The molecule has 0 unspecified atom stereocenters. The van der Waals surface area contributed by atoms with Crippen molar-refractivity contribution < 1.29 is 14.4 Å². The standard InChI is InChI=1S/C15H14N2O3/c1-19-9-8-13-16-15(20-17-13)12-7-6-10-4-2-3-5-11(10)14(12)18/h2-7,18H,8-9H2,1H3. The molecule has 1 N–H and O–H groups in total. The molecule has 0 aliphatic carbocycles. The molecule has 0 saturated heterocycles. The number of phenolic OH excluding ortho intramolecular Hbond substituents is 1. The molecule has 5 nitrogen and oxygen atoms in total. The van der Waals surface area contributed by atoms with Gasteiger partial charge in [0.2, 0.25) is 0 Å². The predicted molar refractivity (Wildman–Crippen MR) is 74.5 cm³/mol. The van der Waals surface area contributed by atoms with Crippen molar-refractivity contribution in [2.45, 2.75) is 6.42 Å². The Morgan fingerprint density at radius 2 is 2.05 bits per heavy atom. The van der Waals surface area contributed by atoms with E-state index in [9.17, 15) is 5.11 Å². The van der Waals surface area contributed by atoms with Crippen LogP contribution in [0.25, 0.3) is 22.2 Å². The summed E-state index contributed by atoms with van der Waals surface area (Å²) in [4.78, 5) is 4.27. The lowest BCUT2D eigenvalue weighted by Gasteiger charge is -2.04. The lowest BCUT2D eigenvalue weighted by molar-refractivity contribution is 0.199. The maximum absolute atomic E-state index is 10.3. The molecule has 0 fully saturated rings. The van der Waals surface area contributed by atoms with E-state index in [4.69, 9.17) is 9.26 Å². The first-order valence-corrected chi connectivity index (χ1v) is 6.32. The van der Waals surface area contributed by atoms with Crippen molar-refractivity contribution in [1.82, 2.24) is 10.1 Å². The van der Waals surface area contributed by atoms with E-state index in [-0.39, 0.29) is 5.75 Å². The van der Waals surface area contributed by atoms with Gasteiger partial charge in [0, 0.05) is 18.9 Å². The molecule has 0 amide bonds. The summed E-state index contributed by atoms with van der Waals surface area (Å²) in [6.45, 7) is 0.530. The van der Waals surface area contributed by atoms with Gasteiger partial charge in [0.15, 0.2) is 5.82 Å². The van der Waals surface area contributed by atoms with Crippen LogP contribution >= 0.6 is 0 Å². The van der Waals surface area contributed by atoms with E-state index >= 15 is 0 Å². The van der Waals surface area contributed by atoms with Crippen LogP contribution in [0.4, 0.5) is 0 Å². The molecule has 5 heteroatoms. The second kappa shape index (κ2) is 5.30. The summed E-state index contributed by atoms with van der Waals surface area (Å²) >= 11 is 0. The average molecular weight is 270 g/mol. The van der Waals surface area contributed by atoms with E-state index in [0.717, 1.165) is 10.8 Å². The van der Waals surface area contributed by atoms with Gasteiger partial charge < -0.3 is 14.4 Å². The molecule has 1 heterocycles. The average Bonchev–Trinajstić information content (AvgIpc) is 2.94. The minimum Gasteiger partial charge on any atom is -0.506 e. The fourth-order valence-corrected chi connectivity index (χ4v) is 2.09. The smallest absolute Gasteiger partial charge is 0.261 e. The van der Waals surface area contributed by atoms with E-state index in [0.29, 0.717) is 30.3 Å². The van der Waals surface area contributed by atoms with E-state index < -0.39 is 0 Å². The Morgan fingerprint density at radius 1 is 1.20 bits per heavy atom. The first-order chi connectivity index (χ1) is 9.79. The number of benzene rings is 2. The third-order valence-electron chi connectivity index (χ3n) is 3.13. The van der Waals surface area contributed by atoms with E-state index in [1.54, 1.807) is 13.2 Å². The zero-order valence-corrected chi connectivity index (χ0v) is 11.0. The highest BCUT2D eigenvalue weighted by atomic mass is 16.5. The number of methoxy groups -OCH3 is 1. The molecule has 0 saturated carbocycles. The molecule has 3 aromatic rings. The van der Waals surface area contributed by atoms with Crippen LogP contribution in [-0.2, 0) is 11.2 Å². The lowest BCUT2D eigenvalue weighted by Crippen LogP contribution is -1.96. The highest BCUT2D eigenvalue weighted by Gasteiger charge is 2.14. The van der Waals surface area contributed by atoms with Gasteiger partial charge in [-0.2, -0.15) is 4.98 Å². The Kier molecular flexibility index (Phi) is 3.35. The van der Waals surface area contributed by atoms with Gasteiger partial charge in [0.25, 0.3) is 5.89 Å². The molecule has 0 aliphatic rings. The third-order valence-corrected chi connectivity index (χ3v) is 3.13. The van der Waals surface area contributed by atoms with Crippen molar-refractivity contribution >= 4 is 10.8 Å². The van der Waals surface area contributed by atoms with Gasteiger partial charge in [0.05, 0.1) is 12.2 Å². The minimum atomic E-state index is 0.157. The van der Waals surface area contributed by atoms with Crippen LogP contribution in [0.1, 0.15) is 5.82 Å². The Morgan fingerprint density at radius 3 is 2.90 bits per heavy atom. The van der Waals surface area contributed by atoms with Crippen LogP contribution in [0.15, 0.2) is 40.9 Å². The van der Waals surface area contributed by atoms with Gasteiger partial charge in [-0.25, -0.2) is 0 Å². The van der Waals surface area contributed by atoms with Crippen molar-refractivity contribution in [3.63, 3.8) is 0 Å². The van der Waals surface area contributed by atoms with Crippen LogP contribution in [0.3, 0.4) is 0 Å². The topological polar surface area (TPSA) is 68.4 Å². The normalized spacial score (nSPS) is 11.1. The van der Waals surface area contributed by atoms with Crippen LogP contribution < -0.4 is 0 Å². The maximum Gasteiger partial charge on any atom is 0.261 e. The number of hydrogen-bond acceptors (Lipinski definition) is 5. The second-order valence-corrected chi connectivity index (χ2v) is 4.44. The molecule has 1 aromatic heterocycles. The molecular weight excluding hydrogens is 256 g/mol. The number of nitrogens with zero attached hydrogens (tertiary/aromatic N) is 2. The Labute approximate surface area is 115 Å². The van der Waals surface area contributed by atoms with Gasteiger partial charge in [-0.15, -0.1) is 0 Å². The summed E-state index contributed by atoms with van der Waals surface area (Å²) in [5.41, 5.74) is 0.542. The second-order valence-electron chi connectivity index (χ2n) is 4.44. The molecule has 102 valence electrons. The molecule has 2 aromatic carbocycles. The predicted octanol–water partition coefficient (Wildman–Crippen LogP) is 2.78. The fourth-order valence-electron chi connectivity index (χ4n) is 2.09. The first-order valence-electron chi connectivity index (χ1n) is 6.32. The molecule has 0 bridgehead atoms. The minimum absolute atomic E-state index is 0.157. The lowest BCUT2D eigenvalue weighted by atomic mass is 10.1. The van der Waals surface area contributed by atoms with Gasteiger partial charge >= 0.3 is 0 Å². The van der Waals surface area contributed by atoms with Crippen molar-refractivity contribution in [3.05, 3.63) is 42.2 Å². The van der Waals surface area contributed by atoms with Gasteiger partial charge in [-0.05, 0) is 11.5 Å². The highest BCUT2D eigenvalue weighted by molar-refractivity contribution is 5.93. The quantitative estimate of drug-likeness (QED) is 0.789. The van der Waals surface area contributed by atoms with E-state index in [2.05, 4.69) is 10.1 Å². The van der Waals surface area contributed by atoms with Crippen molar-refractivity contribution in [1.29, 1.82) is 0 Å². The Balaban J connectivity index is 2.01. The monoisotopic (exact) mass is 270 g/mol. The van der Waals surface area contributed by atoms with Crippen LogP contribution in [0.5, 0.6) is 5.75 Å². The van der Waals surface area contributed by atoms with E-state index in [1.165, 1.54) is 0 Å². The number of rotatable bonds is 4. The number of aromatic hydroxyl groups is 1. The summed E-state index contributed by atoms with van der Waals surface area (Å²) in [5, 5.41) is 15.9. The summed E-state index contributed by atoms with van der Waals surface area (Å²) in [7, 11) is 1.62. The molecule has 3 rings (SSSR count). The number of hydrogen-bond donors (Lipinski definition) is 1. The molecule has 0 atom stereocenters. The van der Waals surface area contributed by atoms with Crippen LogP contribution in [0.2, 0.25) is 0 Å². The molecule has 20 heavy (non-hydrogen) atoms. The number of phenols is 1. The number of aromatic nitrogens is 2. The highest BCUT2D eigenvalue weighted by Crippen LogP contribution is 2.34. The van der Waals surface area contributed by atoms with Crippen LogP contribution in [-0.4, -0.2) is 29.0 Å². The van der Waals surface area contributed by atoms with Crippen molar-refractivity contribution in [2.24, 2.45) is 0 Å². The summed E-state index contributed by atoms with van der Waals surface area (Å²) in [5.74, 6) is 1.04. The summed E-state index contributed by atoms with van der Waals surface area (Å²) in [6, 6.07) is 11.3. The summed E-state index contributed by atoms with van der Waals surface area (Å²) in [6.07, 6.45) is 0.578. The Hall–Kier alpha value is -2.40. The van der Waals surface area contributed by atoms with Crippen molar-refractivity contribution in [2.75, 3.05) is 13.7 Å². The van der Waals surface area contributed by atoms with E-state index in [1.807, 2.05) is 30.3 Å². The van der Waals surface area contributed by atoms with Crippen LogP contribution in [0, 0.1) is 0 Å². The molecule has 0 spiro atoms. The SMILES string of the molecule is COCCc1noc(-c2ccc3ccccc3c2O)n1. The van der Waals surface area contributed by atoms with Gasteiger partial charge in [-0.3, -0.25) is 0 Å².